The topological polar surface area (TPSA) is 75.8 Å². The van der Waals surface area contributed by atoms with Crippen molar-refractivity contribution in [3.8, 4) is 0 Å². The molecule has 1 saturated carbocycles. The number of allylic oxidation sites excluding steroid dienone is 2. The second-order valence-electron chi connectivity index (χ2n) is 8.16. The fraction of sp³-hybridized carbons (Fsp3) is 0.636. The van der Waals surface area contributed by atoms with Crippen LogP contribution < -0.4 is 16.0 Å². The van der Waals surface area contributed by atoms with Gasteiger partial charge in [0.05, 0.1) is 6.10 Å². The summed E-state index contributed by atoms with van der Waals surface area (Å²) in [6, 6.07) is 3.13. The lowest BCUT2D eigenvalue weighted by molar-refractivity contribution is 0.0534. The monoisotopic (exact) mass is 385 g/mol. The number of nitrogens with one attached hydrogen (secondary N) is 1. The van der Waals surface area contributed by atoms with Gasteiger partial charge < -0.3 is 20.7 Å². The first-order valence-electron chi connectivity index (χ1n) is 10.5. The number of piperidine rings is 1. The van der Waals surface area contributed by atoms with E-state index in [4.69, 9.17) is 15.5 Å². The van der Waals surface area contributed by atoms with Gasteiger partial charge in [0.1, 0.15) is 5.69 Å². The van der Waals surface area contributed by atoms with Gasteiger partial charge in [-0.1, -0.05) is 19.3 Å². The van der Waals surface area contributed by atoms with Crippen LogP contribution in [0.2, 0.25) is 0 Å². The van der Waals surface area contributed by atoms with Crippen molar-refractivity contribution in [3.05, 3.63) is 29.6 Å². The van der Waals surface area contributed by atoms with Crippen LogP contribution in [0.25, 0.3) is 0 Å². The van der Waals surface area contributed by atoms with Crippen molar-refractivity contribution < 1.29 is 4.74 Å². The van der Waals surface area contributed by atoms with Gasteiger partial charge in [0, 0.05) is 50.4 Å². The number of anilines is 1. The Kier molecular flexibility index (Phi) is 7.45. The third-order valence-electron chi connectivity index (χ3n) is 5.75. The van der Waals surface area contributed by atoms with Crippen LogP contribution in [0.15, 0.2) is 29.0 Å². The van der Waals surface area contributed by atoms with Crippen LogP contribution in [0.3, 0.4) is 0 Å². The van der Waals surface area contributed by atoms with Gasteiger partial charge in [-0.2, -0.15) is 0 Å². The van der Waals surface area contributed by atoms with E-state index in [-0.39, 0.29) is 6.10 Å². The van der Waals surface area contributed by atoms with Crippen LogP contribution in [0.5, 0.6) is 0 Å². The van der Waals surface area contributed by atoms with Crippen LogP contribution in [0, 0.1) is 6.92 Å². The number of hydrogen-bond donors (Lipinski definition) is 2. The number of aryl methyl sites for hydroxylation is 1. The molecular formula is C22H35N5O. The Labute approximate surface area is 169 Å². The van der Waals surface area contributed by atoms with E-state index in [2.05, 4.69) is 21.3 Å². The van der Waals surface area contributed by atoms with Gasteiger partial charge in [-0.3, -0.25) is 4.99 Å². The minimum absolute atomic E-state index is 0.154. The maximum atomic E-state index is 5.88. The molecule has 1 aliphatic carbocycles. The smallest absolute Gasteiger partial charge is 0.154 e. The zero-order chi connectivity index (χ0) is 19.9. The van der Waals surface area contributed by atoms with E-state index in [9.17, 15) is 0 Å². The summed E-state index contributed by atoms with van der Waals surface area (Å²) in [6.07, 6.45) is 13.3. The molecule has 6 nitrogen and oxygen atoms in total. The van der Waals surface area contributed by atoms with Crippen LogP contribution in [-0.4, -0.2) is 49.6 Å². The quantitative estimate of drug-likeness (QED) is 0.734. The van der Waals surface area contributed by atoms with Crippen molar-refractivity contribution in [3.63, 3.8) is 0 Å². The molecule has 154 valence electrons. The van der Waals surface area contributed by atoms with Gasteiger partial charge in [-0.25, -0.2) is 4.98 Å². The molecule has 2 heterocycles. The number of aromatic nitrogens is 1. The Balaban J connectivity index is 1.71. The van der Waals surface area contributed by atoms with Gasteiger partial charge in [0.25, 0.3) is 0 Å². The average Bonchev–Trinajstić information content (AvgIpc) is 2.69. The van der Waals surface area contributed by atoms with Crippen molar-refractivity contribution in [2.45, 2.75) is 70.6 Å². The first-order chi connectivity index (χ1) is 13.6. The van der Waals surface area contributed by atoms with Crippen molar-refractivity contribution in [1.82, 2.24) is 10.3 Å². The van der Waals surface area contributed by atoms with Gasteiger partial charge in [0.15, 0.2) is 5.82 Å². The maximum Gasteiger partial charge on any atom is 0.154 e. The Morgan fingerprint density at radius 1 is 1.32 bits per heavy atom. The van der Waals surface area contributed by atoms with Crippen LogP contribution in [-0.2, 0) is 4.74 Å². The van der Waals surface area contributed by atoms with E-state index in [1.54, 1.807) is 6.21 Å². The average molecular weight is 386 g/mol. The predicted octanol–water partition coefficient (Wildman–Crippen LogP) is 3.47. The Bertz CT molecular complexity index is 692. The molecule has 2 aliphatic rings. The normalized spacial score (nSPS) is 24.8. The number of ether oxygens (including phenoxy) is 1. The molecule has 6 heteroatoms. The summed E-state index contributed by atoms with van der Waals surface area (Å²) in [7, 11) is 1.82. The number of hydrogen-bond acceptors (Lipinski definition) is 6. The molecular weight excluding hydrogens is 350 g/mol. The highest BCUT2D eigenvalue weighted by molar-refractivity contribution is 5.78. The summed E-state index contributed by atoms with van der Waals surface area (Å²) in [4.78, 5) is 11.6. The minimum atomic E-state index is 0.154. The molecule has 1 aliphatic heterocycles. The summed E-state index contributed by atoms with van der Waals surface area (Å²) < 4.78 is 5.88. The standard InChI is InChI=1S/C22H35N5O/c1-16-13-20(24-11-9-17(2)23)22(25-14-16)27-12-10-19(21(15-27)28-3)26-18-7-5-4-6-8-18/h9,11,13-14,18-19,21,26H,4-8,10,12,15,23H2,1-3H3/b17-9-,24-11?/t19-,21+/m0/s1. The van der Waals surface area contributed by atoms with Gasteiger partial charge in [0.2, 0.25) is 0 Å². The molecule has 3 rings (SSSR count). The fourth-order valence-corrected chi connectivity index (χ4v) is 4.23. The van der Waals surface area contributed by atoms with E-state index in [0.29, 0.717) is 12.1 Å². The molecule has 0 aromatic carbocycles. The van der Waals surface area contributed by atoms with E-state index in [0.717, 1.165) is 42.3 Å². The first kappa shape index (κ1) is 20.8. The SMILES string of the molecule is CO[C@@H]1CN(c2ncc(C)cc2N=C/C=C(/C)N)CC[C@@H]1NC1CCCCC1. The summed E-state index contributed by atoms with van der Waals surface area (Å²) in [6.45, 7) is 5.67. The molecule has 0 unspecified atom stereocenters. The highest BCUT2D eigenvalue weighted by atomic mass is 16.5. The van der Waals surface area contributed by atoms with Gasteiger partial charge in [-0.05, 0) is 50.8 Å². The number of nitrogens with two attached hydrogens (primary N) is 1. The second kappa shape index (κ2) is 10.0. The van der Waals surface area contributed by atoms with Gasteiger partial charge in [-0.15, -0.1) is 0 Å². The maximum absolute atomic E-state index is 5.88. The number of nitrogens with zero attached hydrogens (tertiary/aromatic N) is 3. The number of methoxy groups -OCH3 is 1. The Morgan fingerprint density at radius 2 is 2.11 bits per heavy atom. The van der Waals surface area contributed by atoms with E-state index in [1.165, 1.54) is 32.1 Å². The summed E-state index contributed by atoms with van der Waals surface area (Å²) in [5, 5.41) is 3.88. The Hall–Kier alpha value is -1.92. The molecule has 1 saturated heterocycles. The lowest BCUT2D eigenvalue weighted by Gasteiger charge is -2.41. The molecule has 1 aromatic rings. The van der Waals surface area contributed by atoms with Gasteiger partial charge >= 0.3 is 0 Å². The number of pyridine rings is 1. The lowest BCUT2D eigenvalue weighted by Crippen LogP contribution is -2.56. The van der Waals surface area contributed by atoms with E-state index >= 15 is 0 Å². The number of aliphatic imine (C=N–C) groups is 1. The van der Waals surface area contributed by atoms with Crippen molar-refractivity contribution in [2.75, 3.05) is 25.1 Å². The molecule has 0 amide bonds. The molecule has 0 spiro atoms. The predicted molar refractivity (Wildman–Crippen MR) is 116 cm³/mol. The lowest BCUT2D eigenvalue weighted by atomic mass is 9.92. The van der Waals surface area contributed by atoms with Crippen molar-refractivity contribution >= 4 is 17.7 Å². The third-order valence-corrected chi connectivity index (χ3v) is 5.75. The zero-order valence-electron chi connectivity index (χ0n) is 17.5. The van der Waals surface area contributed by atoms with Crippen molar-refractivity contribution in [1.29, 1.82) is 0 Å². The first-order valence-corrected chi connectivity index (χ1v) is 10.5. The molecule has 2 fully saturated rings. The fourth-order valence-electron chi connectivity index (χ4n) is 4.23. The molecule has 0 bridgehead atoms. The molecule has 28 heavy (non-hydrogen) atoms. The molecule has 3 N–H and O–H groups in total. The highest BCUT2D eigenvalue weighted by Gasteiger charge is 2.32. The highest BCUT2D eigenvalue weighted by Crippen LogP contribution is 2.30. The summed E-state index contributed by atoms with van der Waals surface area (Å²) >= 11 is 0. The van der Waals surface area contributed by atoms with E-state index in [1.807, 2.05) is 33.2 Å². The third kappa shape index (κ3) is 5.55. The largest absolute Gasteiger partial charge is 0.402 e. The van der Waals surface area contributed by atoms with Crippen LogP contribution in [0.1, 0.15) is 51.0 Å². The summed E-state index contributed by atoms with van der Waals surface area (Å²) in [5.74, 6) is 0.920. The molecule has 0 radical (unpaired) electrons. The van der Waals surface area contributed by atoms with Crippen LogP contribution >= 0.6 is 0 Å². The molecule has 2 atom stereocenters. The van der Waals surface area contributed by atoms with Crippen molar-refractivity contribution in [2.24, 2.45) is 10.7 Å². The molecule has 1 aromatic heterocycles. The minimum Gasteiger partial charge on any atom is -0.402 e. The summed E-state index contributed by atoms with van der Waals surface area (Å²) in [5.41, 5.74) is 8.43. The van der Waals surface area contributed by atoms with E-state index < -0.39 is 0 Å². The van der Waals surface area contributed by atoms with Crippen LogP contribution in [0.4, 0.5) is 11.5 Å². The number of rotatable bonds is 6. The Morgan fingerprint density at radius 3 is 2.82 bits per heavy atom. The zero-order valence-corrected chi connectivity index (χ0v) is 17.5. The second-order valence-corrected chi connectivity index (χ2v) is 8.16.